The van der Waals surface area contributed by atoms with Crippen molar-refractivity contribution in [2.24, 2.45) is 0 Å². The van der Waals surface area contributed by atoms with Gasteiger partial charge in [-0.05, 0) is 118 Å². The Kier molecular flexibility index (Phi) is 55.1. The first-order valence-electron chi connectivity index (χ1n) is 38.3. The molecule has 0 bridgehead atoms. The molecular formula is C72H141N15O12. The summed E-state index contributed by atoms with van der Waals surface area (Å²) in [5.41, 5.74) is 0. The van der Waals surface area contributed by atoms with E-state index in [1.807, 2.05) is 0 Å². The molecule has 0 aromatic heterocycles. The van der Waals surface area contributed by atoms with Crippen LogP contribution in [0.25, 0.3) is 0 Å². The molecule has 27 heteroatoms. The molecule has 6 aliphatic rings. The van der Waals surface area contributed by atoms with Gasteiger partial charge in [0.1, 0.15) is 0 Å². The minimum absolute atomic E-state index is 0.0251. The van der Waals surface area contributed by atoms with Crippen molar-refractivity contribution in [3.8, 4) is 0 Å². The second-order valence-corrected chi connectivity index (χ2v) is 27.5. The second kappa shape index (κ2) is 59.4. The van der Waals surface area contributed by atoms with Crippen LogP contribution in [0.3, 0.4) is 0 Å². The van der Waals surface area contributed by atoms with Gasteiger partial charge in [-0.25, -0.2) is 0 Å². The number of amides is 6. The molecule has 0 aliphatic carbocycles. The fourth-order valence-corrected chi connectivity index (χ4v) is 11.7. The minimum Gasteiger partial charge on any atom is -0.481 e. The molecule has 6 amide bonds. The predicted molar refractivity (Wildman–Crippen MR) is 394 cm³/mol. The number of hydrogen-bond acceptors (Lipinski definition) is 18. The van der Waals surface area contributed by atoms with Gasteiger partial charge in [0.25, 0.3) is 0 Å². The van der Waals surface area contributed by atoms with Crippen molar-refractivity contribution in [3.63, 3.8) is 0 Å². The first-order chi connectivity index (χ1) is 47.5. The maximum absolute atomic E-state index is 12.3. The summed E-state index contributed by atoms with van der Waals surface area (Å²) >= 11 is 0. The molecule has 6 rings (SSSR count). The van der Waals surface area contributed by atoms with E-state index in [0.29, 0.717) is 135 Å². The van der Waals surface area contributed by atoms with Crippen molar-refractivity contribution in [2.75, 3.05) is 198 Å². The summed E-state index contributed by atoms with van der Waals surface area (Å²) in [6, 6.07) is 1.38. The number of likely N-dealkylation sites (tertiary alicyclic amines) is 3. The van der Waals surface area contributed by atoms with E-state index in [1.54, 1.807) is 0 Å². The number of nitrogens with zero attached hydrogens (tertiary/aromatic N) is 9. The van der Waals surface area contributed by atoms with E-state index in [4.69, 9.17) is 15.3 Å². The number of rotatable bonds is 39. The lowest BCUT2D eigenvalue weighted by molar-refractivity contribution is -0.138. The number of carbonyl (C=O) groups is 9. The van der Waals surface area contributed by atoms with Crippen molar-refractivity contribution >= 4 is 53.4 Å². The number of aliphatic carboxylic acids is 3. The Bertz CT molecular complexity index is 1930. The highest BCUT2D eigenvalue weighted by molar-refractivity contribution is 5.80. The minimum atomic E-state index is -0.856. The van der Waals surface area contributed by atoms with E-state index in [-0.39, 0.29) is 54.7 Å². The summed E-state index contributed by atoms with van der Waals surface area (Å²) in [4.78, 5) is 125. The van der Waals surface area contributed by atoms with E-state index in [2.05, 4.69) is 139 Å². The average molecular weight is 1440 g/mol. The van der Waals surface area contributed by atoms with Gasteiger partial charge in [0.15, 0.2) is 0 Å². The Hall–Kier alpha value is -5.13. The van der Waals surface area contributed by atoms with Crippen LogP contribution in [0, 0.1) is 0 Å². The summed E-state index contributed by atoms with van der Waals surface area (Å²) in [5.74, 6) is -2.79. The van der Waals surface area contributed by atoms with E-state index >= 15 is 0 Å². The van der Waals surface area contributed by atoms with Crippen LogP contribution in [-0.4, -0.2) is 329 Å². The summed E-state index contributed by atoms with van der Waals surface area (Å²) in [7, 11) is 6.48. The summed E-state index contributed by atoms with van der Waals surface area (Å²) < 4.78 is 0. The quantitative estimate of drug-likeness (QED) is 0.0237. The predicted octanol–water partition coefficient (Wildman–Crippen LogP) is 4.15. The zero-order chi connectivity index (χ0) is 73.4. The molecule has 6 saturated heterocycles. The number of carboxylic acid groups (broad SMARTS) is 3. The SMILES string of the molecule is CCCC.CCCC.CCCC.CN1CC[15N]([13CH2][13CH]2[13CH2][13CH2][13CH2][15N]2[13CH2]C(=O)NCC[13CH2]C(=O)NCCCC(=O)O)[13CH2][13CH2]1.CN1[13CH2][13CH2]N([13CH2][13CH]2[13CH2][13CH2][13CH2][15N]2CC(=O)[15NH]CCCC(=O)NCCCC(=O)O)[13CH2][13CH2]1.CN1[13CH2][13CH2][15N]([13CH2][13CH]2[13CH2][13CH2][13CH2][15N]2CC(=O)NCCCC(=O)NCCCC(=O)O)[13CH2][13CH2]1. The second-order valence-electron chi connectivity index (χ2n) is 27.5. The fourth-order valence-electron chi connectivity index (χ4n) is 11.7. The van der Waals surface area contributed by atoms with Crippen LogP contribution in [0.5, 0.6) is 0 Å². The van der Waals surface area contributed by atoms with Crippen LogP contribution >= 0.6 is 0 Å². The van der Waals surface area contributed by atoms with E-state index in [1.165, 1.54) is 38.5 Å². The van der Waals surface area contributed by atoms with Crippen molar-refractivity contribution in [1.29, 1.82) is 0 Å². The van der Waals surface area contributed by atoms with Gasteiger partial charge in [0.05, 0.1) is 19.6 Å². The molecular weight excluding hydrogens is 1300 g/mol. The first kappa shape index (κ1) is 91.9. The monoisotopic (exact) mass is 1440 g/mol. The molecule has 6 fully saturated rings. The number of carboxylic acids is 3. The van der Waals surface area contributed by atoms with Crippen LogP contribution in [-0.2, 0) is 43.2 Å². The van der Waals surface area contributed by atoms with Gasteiger partial charge < -0.3 is 61.9 Å². The molecule has 0 spiro atoms. The topological polar surface area (TPSA) is 316 Å². The largest absolute Gasteiger partial charge is 0.481 e. The third-order valence-electron chi connectivity index (χ3n) is 18.6. The molecule has 0 saturated carbocycles. The highest BCUT2D eigenvalue weighted by Crippen LogP contribution is 2.21. The molecule has 6 aliphatic heterocycles. The van der Waals surface area contributed by atoms with E-state index in [0.717, 1.165) is 156 Å². The molecule has 9 N–H and O–H groups in total. The normalized spacial score (nSPS) is 19.5. The molecule has 576 valence electrons. The average Bonchev–Trinajstić information content (AvgIpc) is 1.75. The molecule has 6 heterocycles. The molecule has 0 radical (unpaired) electrons. The number of nitrogens with one attached hydrogen (secondary N) is 6. The number of carbonyl (C=O) groups excluding carboxylic acids is 6. The van der Waals surface area contributed by atoms with Crippen molar-refractivity contribution in [1.82, 2.24) is 76.0 Å². The van der Waals surface area contributed by atoms with Gasteiger partial charge in [-0.1, -0.05) is 80.1 Å². The van der Waals surface area contributed by atoms with Crippen molar-refractivity contribution in [3.05, 3.63) is 0 Å². The van der Waals surface area contributed by atoms with Gasteiger partial charge in [-0.15, -0.1) is 0 Å². The number of hydrogen-bond donors (Lipinski definition) is 9. The molecule has 3 atom stereocenters. The van der Waals surface area contributed by atoms with Gasteiger partial charge in [-0.2, -0.15) is 0 Å². The molecule has 0 aromatic carbocycles. The molecule has 27 nitrogen and oxygen atoms in total. The van der Waals surface area contributed by atoms with Gasteiger partial charge in [-0.3, -0.25) is 72.6 Å². The van der Waals surface area contributed by atoms with Crippen LogP contribution in [0.4, 0.5) is 0 Å². The lowest BCUT2D eigenvalue weighted by atomic mass is 10.2. The van der Waals surface area contributed by atoms with Crippen molar-refractivity contribution < 1.29 is 58.5 Å². The van der Waals surface area contributed by atoms with Crippen LogP contribution in [0.15, 0.2) is 0 Å². The van der Waals surface area contributed by atoms with Crippen LogP contribution in [0.2, 0.25) is 0 Å². The zero-order valence-corrected chi connectivity index (χ0v) is 63.3. The zero-order valence-electron chi connectivity index (χ0n) is 63.3. The lowest BCUT2D eigenvalue weighted by Gasteiger charge is -2.36. The van der Waals surface area contributed by atoms with Crippen LogP contribution in [0.1, 0.15) is 196 Å². The van der Waals surface area contributed by atoms with Gasteiger partial charge in [0, 0.05) is 194 Å². The third-order valence-corrected chi connectivity index (χ3v) is 18.6. The summed E-state index contributed by atoms with van der Waals surface area (Å²) in [5, 5.41) is 42.5. The fraction of sp³-hybridized carbons (Fsp3) is 0.875. The Labute approximate surface area is 597 Å². The van der Waals surface area contributed by atoms with Gasteiger partial charge in [0.2, 0.25) is 35.4 Å². The molecule has 99 heavy (non-hydrogen) atoms. The molecule has 3 unspecified atom stereocenters. The Balaban J connectivity index is 0.000000683. The number of likely N-dealkylation sites (N-methyl/N-ethyl adjacent to an activating group) is 3. The number of unbranched alkanes of at least 4 members (excludes halogenated alkanes) is 3. The maximum Gasteiger partial charge on any atom is 0.303 e. The third kappa shape index (κ3) is 50.0. The standard InChI is InChI=1S/3C20H37N5O4.3C4H10/c3*1-23-11-13-24(14-12-23)15-17-5-4-10-25(17)16-19(27)22-8-2-6-18(26)21-9-3-7-20(28)29;3*1-3-4-2/h3*17H,2-16H2,1H3,(H,21,26)(H,22,27)(H,28,29);3*3-4H2,1-2H3/i4+1,5+1,10+1,11+1,12+1,13+1,14+1,15+1,17+1,24+1,25+1;4+1,5+1,10+1,11+1,12+1,13+1,14+1,15+1,17+1,22+1,25+1;4+1,5+1,6+1,10+1,11+1,13+1,15+1,16+1,17+1,24+1,25+1;;;. The lowest BCUT2D eigenvalue weighted by Crippen LogP contribution is -2.50. The van der Waals surface area contributed by atoms with Gasteiger partial charge >= 0.3 is 17.9 Å². The summed E-state index contributed by atoms with van der Waals surface area (Å²) in [6.45, 7) is 36.3. The Morgan fingerprint density at radius 2 is 0.495 bits per heavy atom. The van der Waals surface area contributed by atoms with Crippen molar-refractivity contribution in [2.45, 2.75) is 214 Å². The Morgan fingerprint density at radius 1 is 0.293 bits per heavy atom. The highest BCUT2D eigenvalue weighted by Gasteiger charge is 2.32. The first-order valence-corrected chi connectivity index (χ1v) is 38.3. The smallest absolute Gasteiger partial charge is 0.303 e. The van der Waals surface area contributed by atoms with Crippen LogP contribution < -0.4 is 31.9 Å². The summed E-state index contributed by atoms with van der Waals surface area (Å²) in [6.07, 6.45) is 19.1. The molecule has 0 aromatic rings. The van der Waals surface area contributed by atoms with E-state index < -0.39 is 17.9 Å². The maximum atomic E-state index is 12.3. The highest BCUT2D eigenvalue weighted by atomic mass is 16.4. The number of piperazine rings is 3. The Morgan fingerprint density at radius 3 is 0.697 bits per heavy atom. The van der Waals surface area contributed by atoms with E-state index in [9.17, 15) is 43.2 Å².